The lowest BCUT2D eigenvalue weighted by molar-refractivity contribution is -0.116. The molecular weight excluding hydrogens is 295 g/mol. The number of carbonyl (C=O) groups is 1. The molecule has 0 aliphatic carbocycles. The Hall–Kier alpha value is -2.34. The second kappa shape index (κ2) is 6.41. The topological polar surface area (TPSA) is 85.2 Å². The first-order valence-corrected chi connectivity index (χ1v) is 6.52. The molecule has 7 heteroatoms. The highest BCUT2D eigenvalue weighted by Crippen LogP contribution is 2.21. The van der Waals surface area contributed by atoms with Crippen LogP contribution in [0.4, 0.5) is 15.9 Å². The van der Waals surface area contributed by atoms with Crippen molar-refractivity contribution in [2.75, 3.05) is 17.2 Å². The fraction of sp³-hybridized carbons (Fsp3) is 0.143. The van der Waals surface area contributed by atoms with Crippen molar-refractivity contribution in [2.24, 2.45) is 5.73 Å². The highest BCUT2D eigenvalue weighted by molar-refractivity contribution is 6.30. The predicted octanol–water partition coefficient (Wildman–Crippen LogP) is 1.95. The van der Waals surface area contributed by atoms with Crippen molar-refractivity contribution >= 4 is 29.0 Å². The van der Waals surface area contributed by atoms with Gasteiger partial charge in [0.25, 0.3) is 0 Å². The minimum atomic E-state index is -0.618. The van der Waals surface area contributed by atoms with Gasteiger partial charge in [-0.3, -0.25) is 4.79 Å². The number of carbonyl (C=O) groups excluding carboxylic acids is 1. The molecule has 1 aromatic carbocycles. The molecule has 0 bridgehead atoms. The number of benzene rings is 1. The smallest absolute Gasteiger partial charge is 0.237 e. The number of nitrogens with zero attached hydrogens (tertiary/aromatic N) is 2. The molecule has 0 spiro atoms. The second-order valence-corrected chi connectivity index (χ2v) is 4.96. The van der Waals surface area contributed by atoms with E-state index in [1.54, 1.807) is 18.2 Å². The van der Waals surface area contributed by atoms with Gasteiger partial charge in [-0.25, -0.2) is 9.37 Å². The monoisotopic (exact) mass is 308 g/mol. The fourth-order valence-electron chi connectivity index (χ4n) is 1.95. The Morgan fingerprint density at radius 3 is 2.76 bits per heavy atom. The van der Waals surface area contributed by atoms with Crippen molar-refractivity contribution in [3.05, 3.63) is 52.9 Å². The van der Waals surface area contributed by atoms with Crippen LogP contribution in [-0.4, -0.2) is 17.4 Å². The maximum absolute atomic E-state index is 14.0. The molecule has 1 aromatic heterocycles. The Bertz CT molecular complexity index is 665. The number of rotatable bonds is 5. The normalized spacial score (nSPS) is 10.4. The van der Waals surface area contributed by atoms with Gasteiger partial charge in [0.2, 0.25) is 5.91 Å². The van der Waals surface area contributed by atoms with Crippen LogP contribution in [0.3, 0.4) is 0 Å². The molecule has 1 amide bonds. The molecule has 0 saturated heterocycles. The van der Waals surface area contributed by atoms with E-state index >= 15 is 0 Å². The van der Waals surface area contributed by atoms with Gasteiger partial charge in [-0.15, -0.1) is 0 Å². The van der Waals surface area contributed by atoms with E-state index in [4.69, 9.17) is 23.1 Å². The summed E-state index contributed by atoms with van der Waals surface area (Å²) in [6.07, 6.45) is 1.31. The number of primary amides is 1. The Morgan fingerprint density at radius 1 is 1.38 bits per heavy atom. The lowest BCUT2D eigenvalue weighted by Crippen LogP contribution is -2.34. The van der Waals surface area contributed by atoms with E-state index in [0.29, 0.717) is 5.69 Å². The number of pyridine rings is 1. The van der Waals surface area contributed by atoms with Gasteiger partial charge in [-0.1, -0.05) is 23.7 Å². The number of nitrogen functional groups attached to an aromatic ring is 1. The van der Waals surface area contributed by atoms with Crippen molar-refractivity contribution in [1.82, 2.24) is 4.98 Å². The van der Waals surface area contributed by atoms with Gasteiger partial charge in [0, 0.05) is 18.4 Å². The van der Waals surface area contributed by atoms with E-state index in [2.05, 4.69) is 4.98 Å². The zero-order valence-electron chi connectivity index (χ0n) is 11.1. The summed E-state index contributed by atoms with van der Waals surface area (Å²) < 4.78 is 14.0. The summed E-state index contributed by atoms with van der Waals surface area (Å²) in [5.74, 6) is -1.19. The van der Waals surface area contributed by atoms with Crippen LogP contribution < -0.4 is 16.4 Å². The first-order valence-electron chi connectivity index (χ1n) is 6.14. The minimum Gasteiger partial charge on any atom is -0.399 e. The summed E-state index contributed by atoms with van der Waals surface area (Å²) in [5.41, 5.74) is 12.3. The van der Waals surface area contributed by atoms with Gasteiger partial charge >= 0.3 is 0 Å². The van der Waals surface area contributed by atoms with E-state index < -0.39 is 11.7 Å². The van der Waals surface area contributed by atoms with E-state index in [1.165, 1.54) is 11.1 Å². The second-order valence-electron chi connectivity index (χ2n) is 4.53. The van der Waals surface area contributed by atoms with Crippen LogP contribution in [0.2, 0.25) is 5.02 Å². The summed E-state index contributed by atoms with van der Waals surface area (Å²) in [4.78, 5) is 16.6. The Kier molecular flexibility index (Phi) is 4.59. The highest BCUT2D eigenvalue weighted by Gasteiger charge is 2.16. The summed E-state index contributed by atoms with van der Waals surface area (Å²) in [6.45, 7) is 0.0832. The van der Waals surface area contributed by atoms with Crippen LogP contribution in [0.1, 0.15) is 5.56 Å². The van der Waals surface area contributed by atoms with Crippen molar-refractivity contribution in [2.45, 2.75) is 6.54 Å². The van der Waals surface area contributed by atoms with Crippen LogP contribution in [0.15, 0.2) is 36.5 Å². The largest absolute Gasteiger partial charge is 0.399 e. The van der Waals surface area contributed by atoms with Crippen molar-refractivity contribution < 1.29 is 9.18 Å². The number of amides is 1. The zero-order chi connectivity index (χ0) is 15.4. The standard InChI is InChI=1S/C14H14ClFN4O/c15-10-5-12(16)14(19-6-10)20(8-13(18)21)7-9-2-1-3-11(17)4-9/h1-6H,7-8,17H2,(H2,18,21). The van der Waals surface area contributed by atoms with Crippen LogP contribution in [0.5, 0.6) is 0 Å². The average molecular weight is 309 g/mol. The number of anilines is 2. The van der Waals surface area contributed by atoms with Crippen molar-refractivity contribution in [3.63, 3.8) is 0 Å². The molecule has 0 unspecified atom stereocenters. The fourth-order valence-corrected chi connectivity index (χ4v) is 2.09. The third-order valence-corrected chi connectivity index (χ3v) is 2.97. The van der Waals surface area contributed by atoms with Gasteiger partial charge in [0.05, 0.1) is 11.6 Å². The van der Waals surface area contributed by atoms with Gasteiger partial charge in [-0.2, -0.15) is 0 Å². The molecule has 0 radical (unpaired) electrons. The number of hydrogen-bond acceptors (Lipinski definition) is 4. The maximum atomic E-state index is 14.0. The van der Waals surface area contributed by atoms with Crippen LogP contribution in [-0.2, 0) is 11.3 Å². The Balaban J connectivity index is 2.31. The van der Waals surface area contributed by atoms with Crippen LogP contribution >= 0.6 is 11.6 Å². The molecule has 2 aromatic rings. The highest BCUT2D eigenvalue weighted by atomic mass is 35.5. The molecule has 0 fully saturated rings. The van der Waals surface area contributed by atoms with E-state index in [1.807, 2.05) is 6.07 Å². The molecule has 1 heterocycles. The Morgan fingerprint density at radius 2 is 2.14 bits per heavy atom. The lowest BCUT2D eigenvalue weighted by atomic mass is 10.2. The molecular formula is C14H14ClFN4O. The zero-order valence-corrected chi connectivity index (χ0v) is 11.8. The van der Waals surface area contributed by atoms with E-state index in [9.17, 15) is 9.18 Å². The van der Waals surface area contributed by atoms with E-state index in [-0.39, 0.29) is 23.9 Å². The minimum absolute atomic E-state index is 0.0145. The summed E-state index contributed by atoms with van der Waals surface area (Å²) in [5, 5.41) is 0.180. The first kappa shape index (κ1) is 15.1. The molecule has 5 nitrogen and oxygen atoms in total. The van der Waals surface area contributed by atoms with Gasteiger partial charge in [0.15, 0.2) is 11.6 Å². The molecule has 0 aliphatic heterocycles. The third kappa shape index (κ3) is 4.06. The van der Waals surface area contributed by atoms with E-state index in [0.717, 1.165) is 11.6 Å². The SMILES string of the molecule is NC(=O)CN(Cc1cccc(N)c1)c1ncc(Cl)cc1F. The molecule has 4 N–H and O–H groups in total. The molecule has 0 aliphatic rings. The first-order chi connectivity index (χ1) is 9.95. The van der Waals surface area contributed by atoms with Crippen LogP contribution in [0.25, 0.3) is 0 Å². The van der Waals surface area contributed by atoms with Gasteiger partial charge < -0.3 is 16.4 Å². The maximum Gasteiger partial charge on any atom is 0.237 e. The lowest BCUT2D eigenvalue weighted by Gasteiger charge is -2.23. The van der Waals surface area contributed by atoms with Gasteiger partial charge in [-0.05, 0) is 23.8 Å². The van der Waals surface area contributed by atoms with Crippen molar-refractivity contribution in [3.8, 4) is 0 Å². The number of aromatic nitrogens is 1. The molecule has 21 heavy (non-hydrogen) atoms. The van der Waals surface area contributed by atoms with Crippen molar-refractivity contribution in [1.29, 1.82) is 0 Å². The quantitative estimate of drug-likeness (QED) is 0.827. The molecule has 110 valence electrons. The van der Waals surface area contributed by atoms with Crippen LogP contribution in [0, 0.1) is 5.82 Å². The molecule has 0 atom stereocenters. The summed E-state index contributed by atoms with van der Waals surface area (Å²) in [6, 6.07) is 8.21. The predicted molar refractivity (Wildman–Crippen MR) is 80.3 cm³/mol. The number of nitrogens with two attached hydrogens (primary N) is 2. The number of hydrogen-bond donors (Lipinski definition) is 2. The summed E-state index contributed by atoms with van der Waals surface area (Å²) in [7, 11) is 0. The number of halogens is 2. The summed E-state index contributed by atoms with van der Waals surface area (Å²) >= 11 is 5.68. The third-order valence-electron chi connectivity index (χ3n) is 2.76. The Labute approximate surface area is 126 Å². The molecule has 2 rings (SSSR count). The molecule has 0 saturated carbocycles. The average Bonchev–Trinajstić information content (AvgIpc) is 2.37. The van der Waals surface area contributed by atoms with Gasteiger partial charge in [0.1, 0.15) is 0 Å².